The zero-order chi connectivity index (χ0) is 17.5. The highest BCUT2D eigenvalue weighted by atomic mass is 16.3. The number of rotatable bonds is 6. The van der Waals surface area contributed by atoms with Gasteiger partial charge in [-0.05, 0) is 44.2 Å². The van der Waals surface area contributed by atoms with Crippen LogP contribution in [0, 0.1) is 12.8 Å². The highest BCUT2D eigenvalue weighted by molar-refractivity contribution is 5.96. The van der Waals surface area contributed by atoms with Crippen molar-refractivity contribution < 1.29 is 14.7 Å². The molecule has 1 aliphatic rings. The van der Waals surface area contributed by atoms with Gasteiger partial charge in [0, 0.05) is 18.9 Å². The number of aryl methyl sites for hydroxylation is 1. The van der Waals surface area contributed by atoms with Gasteiger partial charge in [-0.25, -0.2) is 0 Å². The van der Waals surface area contributed by atoms with Crippen LogP contribution in [0.2, 0.25) is 0 Å². The Hall–Kier alpha value is -1.95. The van der Waals surface area contributed by atoms with Crippen LogP contribution in [0.5, 0.6) is 0 Å². The molecule has 24 heavy (non-hydrogen) atoms. The quantitative estimate of drug-likeness (QED) is 0.737. The lowest BCUT2D eigenvalue weighted by Gasteiger charge is -2.24. The van der Waals surface area contributed by atoms with Crippen LogP contribution in [-0.4, -0.2) is 40.6 Å². The molecule has 1 aromatic heterocycles. The number of nitrogens with zero attached hydrogens (tertiary/aromatic N) is 1. The summed E-state index contributed by atoms with van der Waals surface area (Å²) in [5.74, 6) is -0.277. The van der Waals surface area contributed by atoms with Crippen molar-refractivity contribution in [3.05, 3.63) is 29.6 Å². The predicted octanol–water partition coefficient (Wildman–Crippen LogP) is 1.57. The smallest absolute Gasteiger partial charge is 0.253 e. The first-order valence-electron chi connectivity index (χ1n) is 8.66. The molecule has 0 aliphatic heterocycles. The molecule has 0 spiro atoms. The van der Waals surface area contributed by atoms with Gasteiger partial charge in [-0.3, -0.25) is 14.6 Å². The van der Waals surface area contributed by atoms with Gasteiger partial charge in [0.15, 0.2) is 6.10 Å². The fourth-order valence-electron chi connectivity index (χ4n) is 3.03. The summed E-state index contributed by atoms with van der Waals surface area (Å²) in [6.45, 7) is 4.03. The second-order valence-electron chi connectivity index (χ2n) is 6.65. The van der Waals surface area contributed by atoms with Crippen molar-refractivity contribution in [2.75, 3.05) is 6.54 Å². The SMILES string of the molecule is Cc1ccncc1C(=O)NC(C)C(O)C(=O)NCC1CCCCC1. The lowest BCUT2D eigenvalue weighted by Crippen LogP contribution is -2.49. The Morgan fingerprint density at radius 1 is 1.33 bits per heavy atom. The van der Waals surface area contributed by atoms with E-state index in [-0.39, 0.29) is 5.91 Å². The van der Waals surface area contributed by atoms with Crippen LogP contribution < -0.4 is 10.6 Å². The predicted molar refractivity (Wildman–Crippen MR) is 91.5 cm³/mol. The van der Waals surface area contributed by atoms with E-state index in [9.17, 15) is 14.7 Å². The largest absolute Gasteiger partial charge is 0.381 e. The maximum Gasteiger partial charge on any atom is 0.253 e. The molecule has 2 atom stereocenters. The Kier molecular flexibility index (Phi) is 6.73. The summed E-state index contributed by atoms with van der Waals surface area (Å²) in [5.41, 5.74) is 1.24. The van der Waals surface area contributed by atoms with E-state index < -0.39 is 18.1 Å². The van der Waals surface area contributed by atoms with Gasteiger partial charge in [0.25, 0.3) is 11.8 Å². The maximum atomic E-state index is 12.2. The monoisotopic (exact) mass is 333 g/mol. The molecule has 0 aromatic carbocycles. The molecule has 6 heteroatoms. The summed E-state index contributed by atoms with van der Waals surface area (Å²) in [6.07, 6.45) is 7.76. The third-order valence-electron chi connectivity index (χ3n) is 4.67. The second-order valence-corrected chi connectivity index (χ2v) is 6.65. The first kappa shape index (κ1) is 18.4. The first-order chi connectivity index (χ1) is 11.5. The molecular formula is C18H27N3O3. The lowest BCUT2D eigenvalue weighted by atomic mass is 9.89. The molecule has 1 aliphatic carbocycles. The molecule has 0 bridgehead atoms. The normalized spacial score (nSPS) is 17.8. The first-order valence-corrected chi connectivity index (χ1v) is 8.66. The molecule has 2 amide bonds. The van der Waals surface area contributed by atoms with Crippen LogP contribution >= 0.6 is 0 Å². The molecule has 1 fully saturated rings. The summed E-state index contributed by atoms with van der Waals surface area (Å²) in [6, 6.07) is 1.07. The van der Waals surface area contributed by atoms with E-state index in [2.05, 4.69) is 15.6 Å². The Morgan fingerprint density at radius 2 is 2.04 bits per heavy atom. The summed E-state index contributed by atoms with van der Waals surface area (Å²) < 4.78 is 0. The highest BCUT2D eigenvalue weighted by Gasteiger charge is 2.25. The highest BCUT2D eigenvalue weighted by Crippen LogP contribution is 2.22. The van der Waals surface area contributed by atoms with E-state index in [1.807, 2.05) is 6.92 Å². The van der Waals surface area contributed by atoms with Gasteiger partial charge in [0.05, 0.1) is 11.6 Å². The molecule has 6 nitrogen and oxygen atoms in total. The van der Waals surface area contributed by atoms with Gasteiger partial charge in [-0.1, -0.05) is 19.3 Å². The molecule has 1 heterocycles. The Bertz CT molecular complexity index is 570. The summed E-state index contributed by atoms with van der Waals surface area (Å²) in [4.78, 5) is 28.2. The standard InChI is InChI=1S/C18H27N3O3/c1-12-8-9-19-11-15(12)17(23)21-13(2)16(22)18(24)20-10-14-6-4-3-5-7-14/h8-9,11,13-14,16,22H,3-7,10H2,1-2H3,(H,20,24)(H,21,23). The molecular weight excluding hydrogens is 306 g/mol. The number of hydrogen-bond acceptors (Lipinski definition) is 4. The summed E-state index contributed by atoms with van der Waals surface area (Å²) >= 11 is 0. The third kappa shape index (κ3) is 5.03. The van der Waals surface area contributed by atoms with Crippen LogP contribution in [0.1, 0.15) is 54.9 Å². The van der Waals surface area contributed by atoms with Crippen LogP contribution in [0.4, 0.5) is 0 Å². The number of pyridine rings is 1. The van der Waals surface area contributed by atoms with E-state index in [1.165, 1.54) is 25.5 Å². The number of hydrogen-bond donors (Lipinski definition) is 3. The maximum absolute atomic E-state index is 12.2. The Labute approximate surface area is 143 Å². The molecule has 3 N–H and O–H groups in total. The van der Waals surface area contributed by atoms with E-state index in [1.54, 1.807) is 19.2 Å². The van der Waals surface area contributed by atoms with Crippen molar-refractivity contribution in [2.24, 2.45) is 5.92 Å². The number of aliphatic hydroxyl groups excluding tert-OH is 1. The zero-order valence-electron chi connectivity index (χ0n) is 14.4. The number of carbonyl (C=O) groups is 2. The van der Waals surface area contributed by atoms with Gasteiger partial charge in [-0.2, -0.15) is 0 Å². The fourth-order valence-corrected chi connectivity index (χ4v) is 3.03. The summed E-state index contributed by atoms with van der Waals surface area (Å²) in [7, 11) is 0. The van der Waals surface area contributed by atoms with Crippen molar-refractivity contribution >= 4 is 11.8 Å². The minimum absolute atomic E-state index is 0.341. The number of aromatic nitrogens is 1. The minimum Gasteiger partial charge on any atom is -0.381 e. The number of carbonyl (C=O) groups excluding carboxylic acids is 2. The molecule has 2 unspecified atom stereocenters. The van der Waals surface area contributed by atoms with Gasteiger partial charge >= 0.3 is 0 Å². The van der Waals surface area contributed by atoms with Crippen LogP contribution in [0.25, 0.3) is 0 Å². The zero-order valence-corrected chi connectivity index (χ0v) is 14.4. The average molecular weight is 333 g/mol. The fraction of sp³-hybridized carbons (Fsp3) is 0.611. The molecule has 1 saturated carbocycles. The number of nitrogens with one attached hydrogen (secondary N) is 2. The second kappa shape index (κ2) is 8.78. The van der Waals surface area contributed by atoms with E-state index in [0.717, 1.165) is 18.4 Å². The van der Waals surface area contributed by atoms with Gasteiger partial charge < -0.3 is 15.7 Å². The van der Waals surface area contributed by atoms with Crippen molar-refractivity contribution in [3.63, 3.8) is 0 Å². The Morgan fingerprint density at radius 3 is 2.71 bits per heavy atom. The van der Waals surface area contributed by atoms with Crippen LogP contribution in [-0.2, 0) is 4.79 Å². The molecule has 0 radical (unpaired) electrons. The van der Waals surface area contributed by atoms with Gasteiger partial charge in [-0.15, -0.1) is 0 Å². The van der Waals surface area contributed by atoms with Gasteiger partial charge in [0.2, 0.25) is 0 Å². The molecule has 0 saturated heterocycles. The number of amides is 2. The topological polar surface area (TPSA) is 91.3 Å². The van der Waals surface area contributed by atoms with E-state index in [0.29, 0.717) is 18.0 Å². The Balaban J connectivity index is 1.82. The van der Waals surface area contributed by atoms with Crippen molar-refractivity contribution in [3.8, 4) is 0 Å². The van der Waals surface area contributed by atoms with E-state index in [4.69, 9.17) is 0 Å². The van der Waals surface area contributed by atoms with Gasteiger partial charge in [0.1, 0.15) is 0 Å². The summed E-state index contributed by atoms with van der Waals surface area (Å²) in [5, 5.41) is 15.6. The molecule has 1 aromatic rings. The van der Waals surface area contributed by atoms with Crippen LogP contribution in [0.3, 0.4) is 0 Å². The number of aliphatic hydroxyl groups is 1. The van der Waals surface area contributed by atoms with Crippen molar-refractivity contribution in [1.29, 1.82) is 0 Å². The lowest BCUT2D eigenvalue weighted by molar-refractivity contribution is -0.130. The average Bonchev–Trinajstić information content (AvgIpc) is 2.60. The van der Waals surface area contributed by atoms with Crippen molar-refractivity contribution in [2.45, 2.75) is 58.1 Å². The molecule has 132 valence electrons. The third-order valence-corrected chi connectivity index (χ3v) is 4.67. The van der Waals surface area contributed by atoms with Crippen LogP contribution in [0.15, 0.2) is 18.5 Å². The van der Waals surface area contributed by atoms with E-state index >= 15 is 0 Å². The molecule has 2 rings (SSSR count). The minimum atomic E-state index is -1.27. The van der Waals surface area contributed by atoms with Crippen molar-refractivity contribution in [1.82, 2.24) is 15.6 Å².